The van der Waals surface area contributed by atoms with Crippen LogP contribution in [-0.2, 0) is 24.6 Å². The standard InChI is InChI=1S/C29H42N2O3Si/c1-10-11-26(30-19-22-12-14-25(32-6)18-28(22)33-7)21-13-15-27-23(16-21)17-24(31(27)5)20-34-35(8,9)29(2,3)4/h12-18H,10-11,19-20H2,1-9H3/b30-26+. The van der Waals surface area contributed by atoms with E-state index in [1.54, 1.807) is 14.2 Å². The number of benzene rings is 2. The second kappa shape index (κ2) is 11.0. The largest absolute Gasteiger partial charge is 0.497 e. The van der Waals surface area contributed by atoms with Crippen LogP contribution in [0.4, 0.5) is 0 Å². The summed E-state index contributed by atoms with van der Waals surface area (Å²) in [5.41, 5.74) is 5.77. The van der Waals surface area contributed by atoms with E-state index in [2.05, 4.69) is 76.7 Å². The third-order valence-electron chi connectivity index (χ3n) is 7.28. The van der Waals surface area contributed by atoms with Crippen LogP contribution in [0.5, 0.6) is 11.5 Å². The number of rotatable bonds is 10. The molecule has 0 unspecified atom stereocenters. The van der Waals surface area contributed by atoms with E-state index >= 15 is 0 Å². The zero-order valence-corrected chi connectivity index (χ0v) is 24.0. The number of aromatic nitrogens is 1. The molecule has 190 valence electrons. The molecule has 1 aromatic heterocycles. The van der Waals surface area contributed by atoms with Gasteiger partial charge in [-0.1, -0.05) is 40.2 Å². The van der Waals surface area contributed by atoms with Crippen molar-refractivity contribution in [1.29, 1.82) is 0 Å². The van der Waals surface area contributed by atoms with Crippen LogP contribution >= 0.6 is 0 Å². The minimum absolute atomic E-state index is 0.197. The molecule has 0 spiro atoms. The molecule has 0 fully saturated rings. The van der Waals surface area contributed by atoms with Crippen LogP contribution in [0.25, 0.3) is 10.9 Å². The molecule has 0 saturated carbocycles. The summed E-state index contributed by atoms with van der Waals surface area (Å²) < 4.78 is 19.7. The minimum atomic E-state index is -1.81. The molecule has 0 aliphatic carbocycles. The summed E-state index contributed by atoms with van der Waals surface area (Å²) in [7, 11) is 3.67. The van der Waals surface area contributed by atoms with Gasteiger partial charge in [0.05, 0.1) is 27.4 Å². The molecule has 0 amide bonds. The normalized spacial score (nSPS) is 12.9. The number of fused-ring (bicyclic) bond motifs is 1. The van der Waals surface area contributed by atoms with Gasteiger partial charge in [-0.25, -0.2) is 0 Å². The lowest BCUT2D eigenvalue weighted by Crippen LogP contribution is -2.40. The zero-order chi connectivity index (χ0) is 25.8. The number of hydrogen-bond acceptors (Lipinski definition) is 4. The number of nitrogens with zero attached hydrogens (tertiary/aromatic N) is 2. The Morgan fingerprint density at radius 2 is 1.74 bits per heavy atom. The average Bonchev–Trinajstić information content (AvgIpc) is 3.14. The van der Waals surface area contributed by atoms with Crippen LogP contribution in [0.2, 0.25) is 18.1 Å². The second-order valence-corrected chi connectivity index (χ2v) is 15.5. The van der Waals surface area contributed by atoms with Crippen molar-refractivity contribution in [2.24, 2.45) is 12.0 Å². The lowest BCUT2D eigenvalue weighted by molar-refractivity contribution is 0.269. The van der Waals surface area contributed by atoms with E-state index in [0.717, 1.165) is 35.6 Å². The number of methoxy groups -OCH3 is 2. The number of aryl methyl sites for hydroxylation is 1. The van der Waals surface area contributed by atoms with E-state index < -0.39 is 8.32 Å². The Labute approximate surface area is 212 Å². The maximum atomic E-state index is 6.51. The molecule has 3 aromatic rings. The smallest absolute Gasteiger partial charge is 0.192 e. The summed E-state index contributed by atoms with van der Waals surface area (Å²) >= 11 is 0. The molecule has 6 heteroatoms. The van der Waals surface area contributed by atoms with Crippen LogP contribution in [0.1, 0.15) is 57.4 Å². The van der Waals surface area contributed by atoms with Crippen LogP contribution < -0.4 is 9.47 Å². The molecule has 2 aromatic carbocycles. The number of ether oxygens (including phenoxy) is 2. The van der Waals surface area contributed by atoms with Gasteiger partial charge in [0.25, 0.3) is 0 Å². The van der Waals surface area contributed by atoms with E-state index in [0.29, 0.717) is 13.2 Å². The van der Waals surface area contributed by atoms with Gasteiger partial charge in [0.2, 0.25) is 0 Å². The lowest BCUT2D eigenvalue weighted by Gasteiger charge is -2.36. The molecular formula is C29H42N2O3Si. The molecule has 0 aliphatic rings. The van der Waals surface area contributed by atoms with Gasteiger partial charge in [-0.15, -0.1) is 0 Å². The first-order valence-electron chi connectivity index (χ1n) is 12.5. The van der Waals surface area contributed by atoms with Gasteiger partial charge in [0.15, 0.2) is 8.32 Å². The predicted molar refractivity (Wildman–Crippen MR) is 150 cm³/mol. The van der Waals surface area contributed by atoms with E-state index in [4.69, 9.17) is 18.9 Å². The molecule has 3 rings (SSSR count). The topological polar surface area (TPSA) is 45.0 Å². The van der Waals surface area contributed by atoms with Crippen molar-refractivity contribution in [3.05, 3.63) is 59.3 Å². The number of aliphatic imine (C=N–C) groups is 1. The van der Waals surface area contributed by atoms with Gasteiger partial charge in [-0.2, -0.15) is 0 Å². The summed E-state index contributed by atoms with van der Waals surface area (Å²) in [6, 6.07) is 14.8. The molecule has 0 radical (unpaired) electrons. The average molecular weight is 495 g/mol. The molecule has 0 aliphatic heterocycles. The molecule has 0 N–H and O–H groups in total. The fourth-order valence-corrected chi connectivity index (χ4v) is 4.85. The minimum Gasteiger partial charge on any atom is -0.497 e. The van der Waals surface area contributed by atoms with Crippen molar-refractivity contribution < 1.29 is 13.9 Å². The highest BCUT2D eigenvalue weighted by Crippen LogP contribution is 2.37. The Kier molecular flexibility index (Phi) is 8.49. The molecule has 0 atom stereocenters. The van der Waals surface area contributed by atoms with Crippen molar-refractivity contribution in [3.63, 3.8) is 0 Å². The first-order valence-corrected chi connectivity index (χ1v) is 15.4. The molecule has 5 nitrogen and oxygen atoms in total. The van der Waals surface area contributed by atoms with Crippen molar-refractivity contribution in [1.82, 2.24) is 4.57 Å². The van der Waals surface area contributed by atoms with Crippen LogP contribution in [0.15, 0.2) is 47.5 Å². The highest BCUT2D eigenvalue weighted by molar-refractivity contribution is 6.74. The molecular weight excluding hydrogens is 452 g/mol. The van der Waals surface area contributed by atoms with Crippen LogP contribution in [0.3, 0.4) is 0 Å². The summed E-state index contributed by atoms with van der Waals surface area (Å²) in [4.78, 5) is 5.02. The van der Waals surface area contributed by atoms with Gasteiger partial charge in [0, 0.05) is 41.0 Å². The van der Waals surface area contributed by atoms with Gasteiger partial charge >= 0.3 is 0 Å². The first-order chi connectivity index (χ1) is 16.5. The van der Waals surface area contributed by atoms with Crippen molar-refractivity contribution >= 4 is 24.9 Å². The monoisotopic (exact) mass is 494 g/mol. The zero-order valence-electron chi connectivity index (χ0n) is 23.0. The highest BCUT2D eigenvalue weighted by Gasteiger charge is 2.37. The lowest BCUT2D eigenvalue weighted by atomic mass is 10.0. The van der Waals surface area contributed by atoms with Gasteiger partial charge < -0.3 is 18.5 Å². The van der Waals surface area contributed by atoms with Crippen molar-refractivity contribution in [2.45, 2.75) is 71.8 Å². The van der Waals surface area contributed by atoms with Gasteiger partial charge in [0.1, 0.15) is 11.5 Å². The molecule has 0 bridgehead atoms. The quantitative estimate of drug-likeness (QED) is 0.216. The van der Waals surface area contributed by atoms with Crippen molar-refractivity contribution in [2.75, 3.05) is 14.2 Å². The Morgan fingerprint density at radius 3 is 2.37 bits per heavy atom. The van der Waals surface area contributed by atoms with E-state index in [9.17, 15) is 0 Å². The second-order valence-electron chi connectivity index (χ2n) is 10.7. The highest BCUT2D eigenvalue weighted by atomic mass is 28.4. The first kappa shape index (κ1) is 27.0. The Morgan fingerprint density at radius 1 is 1.00 bits per heavy atom. The maximum Gasteiger partial charge on any atom is 0.192 e. The summed E-state index contributed by atoms with van der Waals surface area (Å²) in [5, 5.41) is 1.42. The van der Waals surface area contributed by atoms with E-state index in [1.807, 2.05) is 18.2 Å². The summed E-state index contributed by atoms with van der Waals surface area (Å²) in [6.07, 6.45) is 1.97. The SMILES string of the molecule is CCC/C(=N\Cc1ccc(OC)cc1OC)c1ccc2c(c1)cc(CO[Si](C)(C)C(C)(C)C)n2C. The van der Waals surface area contributed by atoms with Gasteiger partial charge in [-0.3, -0.25) is 4.99 Å². The summed E-state index contributed by atoms with van der Waals surface area (Å²) in [6.45, 7) is 14.9. The van der Waals surface area contributed by atoms with E-state index in [1.165, 1.54) is 22.2 Å². The van der Waals surface area contributed by atoms with Crippen molar-refractivity contribution in [3.8, 4) is 11.5 Å². The molecule has 1 heterocycles. The number of hydrogen-bond donors (Lipinski definition) is 0. The van der Waals surface area contributed by atoms with E-state index in [-0.39, 0.29) is 5.04 Å². The third kappa shape index (κ3) is 6.17. The Bertz CT molecular complexity index is 1190. The Balaban J connectivity index is 1.88. The third-order valence-corrected chi connectivity index (χ3v) is 11.8. The van der Waals surface area contributed by atoms with Crippen LogP contribution in [0, 0.1) is 0 Å². The fraction of sp³-hybridized carbons (Fsp3) is 0.483. The fourth-order valence-electron chi connectivity index (χ4n) is 3.91. The molecule has 35 heavy (non-hydrogen) atoms. The van der Waals surface area contributed by atoms with Gasteiger partial charge in [-0.05, 0) is 60.4 Å². The predicted octanol–water partition coefficient (Wildman–Crippen LogP) is 7.51. The maximum absolute atomic E-state index is 6.51. The molecule has 0 saturated heterocycles. The summed E-state index contributed by atoms with van der Waals surface area (Å²) in [5.74, 6) is 1.58. The van der Waals surface area contributed by atoms with Crippen LogP contribution in [-0.4, -0.2) is 32.8 Å². The Hall–Kier alpha value is -2.57.